The molecule has 0 aliphatic heterocycles. The van der Waals surface area contributed by atoms with Gasteiger partial charge in [0.15, 0.2) is 5.82 Å². The Kier molecular flexibility index (Phi) is 4.73. The lowest BCUT2D eigenvalue weighted by Gasteiger charge is -2.12. The lowest BCUT2D eigenvalue weighted by atomic mass is 10.2. The number of hydrogen-bond acceptors (Lipinski definition) is 6. The molecule has 0 spiro atoms. The summed E-state index contributed by atoms with van der Waals surface area (Å²) in [6.07, 6.45) is 1.50. The van der Waals surface area contributed by atoms with Crippen molar-refractivity contribution in [1.82, 2.24) is 24.7 Å². The van der Waals surface area contributed by atoms with Crippen molar-refractivity contribution in [3.05, 3.63) is 35.5 Å². The maximum absolute atomic E-state index is 13.7. The summed E-state index contributed by atoms with van der Waals surface area (Å²) in [6.45, 7) is 4.27. The van der Waals surface area contributed by atoms with Crippen LogP contribution in [0.4, 0.5) is 19.4 Å². The minimum atomic E-state index is -3.18. The van der Waals surface area contributed by atoms with Crippen molar-refractivity contribution in [3.63, 3.8) is 0 Å². The van der Waals surface area contributed by atoms with Gasteiger partial charge in [-0.2, -0.15) is 13.9 Å². The van der Waals surface area contributed by atoms with Gasteiger partial charge in [-0.15, -0.1) is 0 Å². The van der Waals surface area contributed by atoms with Crippen molar-refractivity contribution < 1.29 is 18.3 Å². The molecule has 3 rings (SSSR count). The lowest BCUT2D eigenvalue weighted by molar-refractivity contribution is 0.00747. The normalized spacial score (nSPS) is 11.6. The fourth-order valence-corrected chi connectivity index (χ4v) is 2.59. The Balaban J connectivity index is 2.20. The Morgan fingerprint density at radius 3 is 2.70 bits per heavy atom. The number of halogens is 2. The van der Waals surface area contributed by atoms with Gasteiger partial charge in [0.05, 0.1) is 18.3 Å². The number of methoxy groups -OCH3 is 1. The molecule has 0 aliphatic carbocycles. The van der Waals surface area contributed by atoms with Crippen LogP contribution in [0.5, 0.6) is 0 Å². The van der Waals surface area contributed by atoms with E-state index in [4.69, 9.17) is 0 Å². The highest BCUT2D eigenvalue weighted by Gasteiger charge is 2.29. The lowest BCUT2D eigenvalue weighted by Crippen LogP contribution is -2.16. The number of anilines is 1. The number of amides is 1. The number of pyridine rings is 1. The number of aromatic nitrogens is 5. The SMILES string of the molecule is CCc1nn(-c2cc(C)nc(C(C)(F)F)n2)c2cc(NC(=O)OC)ncc12. The second-order valence-corrected chi connectivity index (χ2v) is 5.99. The Hall–Kier alpha value is -3.17. The number of nitrogens with one attached hydrogen (secondary N) is 1. The van der Waals surface area contributed by atoms with E-state index in [9.17, 15) is 13.6 Å². The average Bonchev–Trinajstić information content (AvgIpc) is 2.98. The summed E-state index contributed by atoms with van der Waals surface area (Å²) in [5.74, 6) is -3.32. The molecule has 3 aromatic heterocycles. The van der Waals surface area contributed by atoms with Crippen molar-refractivity contribution in [2.45, 2.75) is 33.1 Å². The van der Waals surface area contributed by atoms with Crippen molar-refractivity contribution in [2.75, 3.05) is 12.4 Å². The minimum Gasteiger partial charge on any atom is -0.453 e. The first-order chi connectivity index (χ1) is 12.7. The number of nitrogens with zero attached hydrogens (tertiary/aromatic N) is 5. The van der Waals surface area contributed by atoms with E-state index in [1.807, 2.05) is 6.92 Å². The van der Waals surface area contributed by atoms with E-state index >= 15 is 0 Å². The predicted molar refractivity (Wildman–Crippen MR) is 94.2 cm³/mol. The van der Waals surface area contributed by atoms with Crippen LogP contribution in [0.2, 0.25) is 0 Å². The van der Waals surface area contributed by atoms with Crippen LogP contribution in [0.25, 0.3) is 16.7 Å². The average molecular weight is 376 g/mol. The highest BCUT2D eigenvalue weighted by molar-refractivity contribution is 5.89. The summed E-state index contributed by atoms with van der Waals surface area (Å²) in [5, 5.41) is 7.68. The van der Waals surface area contributed by atoms with Crippen LogP contribution < -0.4 is 5.32 Å². The van der Waals surface area contributed by atoms with Gasteiger partial charge in [-0.25, -0.2) is 24.4 Å². The van der Waals surface area contributed by atoms with Crippen LogP contribution >= 0.6 is 0 Å². The second-order valence-electron chi connectivity index (χ2n) is 5.99. The third-order valence-corrected chi connectivity index (χ3v) is 3.84. The number of ether oxygens (including phenoxy) is 1. The molecule has 10 heteroatoms. The third kappa shape index (κ3) is 3.69. The second kappa shape index (κ2) is 6.86. The highest BCUT2D eigenvalue weighted by Crippen LogP contribution is 2.27. The van der Waals surface area contributed by atoms with Crippen LogP contribution in [-0.2, 0) is 17.1 Å². The number of carbonyl (C=O) groups is 1. The summed E-state index contributed by atoms with van der Waals surface area (Å²) in [5.41, 5.74) is 1.68. The molecule has 0 unspecified atom stereocenters. The molecule has 0 fully saturated rings. The van der Waals surface area contributed by atoms with Gasteiger partial charge in [0.1, 0.15) is 5.82 Å². The Bertz CT molecular complexity index is 1010. The van der Waals surface area contributed by atoms with Crippen LogP contribution in [0, 0.1) is 6.92 Å². The Morgan fingerprint density at radius 1 is 1.33 bits per heavy atom. The van der Waals surface area contributed by atoms with Gasteiger partial charge in [0.2, 0.25) is 5.82 Å². The summed E-state index contributed by atoms with van der Waals surface area (Å²) in [7, 11) is 1.24. The van der Waals surface area contributed by atoms with Crippen LogP contribution in [0.1, 0.15) is 31.1 Å². The summed E-state index contributed by atoms with van der Waals surface area (Å²) in [6, 6.07) is 3.15. The quantitative estimate of drug-likeness (QED) is 0.750. The molecule has 3 heterocycles. The van der Waals surface area contributed by atoms with E-state index in [2.05, 4.69) is 30.1 Å². The Labute approximate surface area is 153 Å². The topological polar surface area (TPSA) is 94.8 Å². The number of fused-ring (bicyclic) bond motifs is 1. The van der Waals surface area contributed by atoms with E-state index in [0.29, 0.717) is 17.6 Å². The van der Waals surface area contributed by atoms with E-state index < -0.39 is 17.8 Å². The molecule has 1 amide bonds. The van der Waals surface area contributed by atoms with Crippen LogP contribution in [-0.4, -0.2) is 37.9 Å². The predicted octanol–water partition coefficient (Wildman–Crippen LogP) is 3.37. The fraction of sp³-hybridized carbons (Fsp3) is 0.353. The number of aryl methyl sites for hydroxylation is 2. The molecule has 27 heavy (non-hydrogen) atoms. The van der Waals surface area contributed by atoms with Crippen LogP contribution in [0.3, 0.4) is 0 Å². The van der Waals surface area contributed by atoms with E-state index in [-0.39, 0.29) is 11.6 Å². The molecule has 0 aliphatic rings. The molecule has 142 valence electrons. The molecule has 0 atom stereocenters. The Morgan fingerprint density at radius 2 is 2.07 bits per heavy atom. The van der Waals surface area contributed by atoms with Gasteiger partial charge in [0.25, 0.3) is 0 Å². The number of alkyl halides is 2. The van der Waals surface area contributed by atoms with Crippen molar-refractivity contribution in [1.29, 1.82) is 0 Å². The van der Waals surface area contributed by atoms with Crippen LogP contribution in [0.15, 0.2) is 18.3 Å². The van der Waals surface area contributed by atoms with Gasteiger partial charge >= 0.3 is 12.0 Å². The first kappa shape index (κ1) is 18.6. The molecule has 0 saturated heterocycles. The van der Waals surface area contributed by atoms with Crippen molar-refractivity contribution >= 4 is 22.8 Å². The van der Waals surface area contributed by atoms with E-state index in [1.165, 1.54) is 11.8 Å². The minimum absolute atomic E-state index is 0.207. The largest absolute Gasteiger partial charge is 0.453 e. The van der Waals surface area contributed by atoms with Gasteiger partial charge in [0, 0.05) is 36.3 Å². The summed E-state index contributed by atoms with van der Waals surface area (Å²) in [4.78, 5) is 23.4. The maximum atomic E-state index is 13.7. The molecule has 0 bridgehead atoms. The summed E-state index contributed by atoms with van der Waals surface area (Å²) < 4.78 is 33.5. The van der Waals surface area contributed by atoms with Crippen molar-refractivity contribution in [3.8, 4) is 5.82 Å². The molecule has 0 aromatic carbocycles. The van der Waals surface area contributed by atoms with Gasteiger partial charge < -0.3 is 4.74 Å². The maximum Gasteiger partial charge on any atom is 0.412 e. The number of carbonyl (C=O) groups excluding carboxylic acids is 1. The zero-order valence-corrected chi connectivity index (χ0v) is 15.2. The molecule has 3 aromatic rings. The molecular weight excluding hydrogens is 358 g/mol. The molecule has 8 nitrogen and oxygen atoms in total. The smallest absolute Gasteiger partial charge is 0.412 e. The van der Waals surface area contributed by atoms with E-state index in [1.54, 1.807) is 25.3 Å². The number of rotatable bonds is 4. The third-order valence-electron chi connectivity index (χ3n) is 3.84. The zero-order valence-electron chi connectivity index (χ0n) is 15.2. The molecular formula is C17H18F2N6O2. The van der Waals surface area contributed by atoms with Gasteiger partial charge in [-0.1, -0.05) is 6.92 Å². The first-order valence-electron chi connectivity index (χ1n) is 8.20. The molecule has 1 N–H and O–H groups in total. The van der Waals surface area contributed by atoms with Gasteiger partial charge in [-0.3, -0.25) is 5.32 Å². The van der Waals surface area contributed by atoms with E-state index in [0.717, 1.165) is 18.0 Å². The summed E-state index contributed by atoms with van der Waals surface area (Å²) >= 11 is 0. The molecule has 0 saturated carbocycles. The fourth-order valence-electron chi connectivity index (χ4n) is 2.59. The van der Waals surface area contributed by atoms with Crippen molar-refractivity contribution in [2.24, 2.45) is 0 Å². The van der Waals surface area contributed by atoms with Gasteiger partial charge in [-0.05, 0) is 13.3 Å². The standard InChI is InChI=1S/C17H18F2N6O2/c1-5-11-10-8-20-13(22-16(26)27-4)7-12(10)25(24-11)14-6-9(2)21-15(23-14)17(3,18)19/h6-8H,5H2,1-4H3,(H,20,22,26). The number of hydrogen-bond donors (Lipinski definition) is 1. The monoisotopic (exact) mass is 376 g/mol. The first-order valence-corrected chi connectivity index (χ1v) is 8.20. The molecule has 0 radical (unpaired) electrons. The zero-order chi connectivity index (χ0) is 19.8. The highest BCUT2D eigenvalue weighted by atomic mass is 19.3.